The van der Waals surface area contributed by atoms with Gasteiger partial charge in [-0.05, 0) is 24.7 Å². The normalized spacial score (nSPS) is 29.2. The van der Waals surface area contributed by atoms with Crippen LogP contribution >= 0.6 is 0 Å². The topological polar surface area (TPSA) is 29.5 Å². The third-order valence-electron chi connectivity index (χ3n) is 2.78. The van der Waals surface area contributed by atoms with E-state index in [0.29, 0.717) is 11.8 Å². The van der Waals surface area contributed by atoms with E-state index in [-0.39, 0.29) is 12.9 Å². The number of allylic oxidation sites excluding steroid dienone is 1. The highest BCUT2D eigenvalue weighted by Crippen LogP contribution is 2.30. The number of ether oxygens (including phenoxy) is 1. The summed E-state index contributed by atoms with van der Waals surface area (Å²) in [6.45, 7) is 6.55. The molecular weight excluding hydrogens is 164 g/mol. The molecule has 2 nitrogen and oxygen atoms in total. The summed E-state index contributed by atoms with van der Waals surface area (Å²) < 4.78 is 5.19. The Bertz CT molecular complexity index is 185. The number of hydrogen-bond acceptors (Lipinski definition) is 2. The van der Waals surface area contributed by atoms with Crippen LogP contribution in [0.15, 0.2) is 11.6 Å². The van der Waals surface area contributed by atoms with Crippen LogP contribution in [0.3, 0.4) is 0 Å². The first-order valence-corrected chi connectivity index (χ1v) is 5.07. The lowest BCUT2D eigenvalue weighted by Crippen LogP contribution is -2.23. The molecule has 76 valence electrons. The summed E-state index contributed by atoms with van der Waals surface area (Å²) in [7, 11) is 0. The van der Waals surface area contributed by atoms with Crippen molar-refractivity contribution < 1.29 is 9.84 Å². The Labute approximate surface area is 80.6 Å². The van der Waals surface area contributed by atoms with Crippen molar-refractivity contribution in [2.24, 2.45) is 11.8 Å². The molecule has 0 spiro atoms. The van der Waals surface area contributed by atoms with Crippen molar-refractivity contribution >= 4 is 0 Å². The average molecular weight is 184 g/mol. The van der Waals surface area contributed by atoms with Crippen LogP contribution in [0.1, 0.15) is 33.6 Å². The van der Waals surface area contributed by atoms with E-state index in [1.54, 1.807) is 0 Å². The van der Waals surface area contributed by atoms with E-state index in [4.69, 9.17) is 9.84 Å². The minimum atomic E-state index is -0.151. The highest BCUT2D eigenvalue weighted by molar-refractivity contribution is 5.12. The van der Waals surface area contributed by atoms with Gasteiger partial charge < -0.3 is 9.84 Å². The monoisotopic (exact) mass is 184 g/mol. The third-order valence-corrected chi connectivity index (χ3v) is 2.78. The van der Waals surface area contributed by atoms with Gasteiger partial charge in [0.05, 0.1) is 6.10 Å². The van der Waals surface area contributed by atoms with E-state index >= 15 is 0 Å². The van der Waals surface area contributed by atoms with Crippen molar-refractivity contribution in [1.82, 2.24) is 0 Å². The SMILES string of the molecule is CC(C)C1=CCC(OCO)C[C@H]1C. The lowest BCUT2D eigenvalue weighted by molar-refractivity contribution is -0.0573. The van der Waals surface area contributed by atoms with Crippen LogP contribution in [-0.2, 0) is 4.74 Å². The molecule has 0 heterocycles. The van der Waals surface area contributed by atoms with Crippen molar-refractivity contribution in [2.75, 3.05) is 6.79 Å². The lowest BCUT2D eigenvalue weighted by atomic mass is 9.82. The number of hydrogen-bond donors (Lipinski definition) is 1. The largest absolute Gasteiger partial charge is 0.371 e. The zero-order valence-corrected chi connectivity index (χ0v) is 8.79. The first-order chi connectivity index (χ1) is 6.15. The first-order valence-electron chi connectivity index (χ1n) is 5.07. The Kier molecular flexibility index (Phi) is 3.94. The maximum Gasteiger partial charge on any atom is 0.143 e. The second-order valence-electron chi connectivity index (χ2n) is 4.15. The van der Waals surface area contributed by atoms with Gasteiger partial charge >= 0.3 is 0 Å². The third kappa shape index (κ3) is 2.82. The lowest BCUT2D eigenvalue weighted by Gasteiger charge is -2.29. The van der Waals surface area contributed by atoms with Gasteiger partial charge in [0.1, 0.15) is 6.79 Å². The smallest absolute Gasteiger partial charge is 0.143 e. The molecule has 0 bridgehead atoms. The summed E-state index contributed by atoms with van der Waals surface area (Å²) in [6, 6.07) is 0. The maximum atomic E-state index is 8.64. The van der Waals surface area contributed by atoms with Crippen molar-refractivity contribution in [3.8, 4) is 0 Å². The van der Waals surface area contributed by atoms with Gasteiger partial charge in [-0.1, -0.05) is 32.4 Å². The van der Waals surface area contributed by atoms with Crippen molar-refractivity contribution in [1.29, 1.82) is 0 Å². The summed E-state index contributed by atoms with van der Waals surface area (Å²) in [6.07, 6.45) is 4.50. The molecular formula is C11H20O2. The molecule has 0 aromatic heterocycles. The van der Waals surface area contributed by atoms with Gasteiger partial charge in [-0.25, -0.2) is 0 Å². The molecule has 0 amide bonds. The quantitative estimate of drug-likeness (QED) is 0.539. The van der Waals surface area contributed by atoms with Crippen LogP contribution in [0.25, 0.3) is 0 Å². The fraction of sp³-hybridized carbons (Fsp3) is 0.818. The summed E-state index contributed by atoms with van der Waals surface area (Å²) in [5, 5.41) is 8.64. The van der Waals surface area contributed by atoms with Gasteiger partial charge in [0.15, 0.2) is 0 Å². The second-order valence-corrected chi connectivity index (χ2v) is 4.15. The Morgan fingerprint density at radius 1 is 1.62 bits per heavy atom. The molecule has 0 aliphatic heterocycles. The molecule has 1 aliphatic rings. The average Bonchev–Trinajstić information content (AvgIpc) is 2.04. The molecule has 0 aromatic carbocycles. The van der Waals surface area contributed by atoms with Gasteiger partial charge in [0.2, 0.25) is 0 Å². The zero-order chi connectivity index (χ0) is 9.84. The van der Waals surface area contributed by atoms with Gasteiger partial charge in [-0.3, -0.25) is 0 Å². The van der Waals surface area contributed by atoms with Crippen molar-refractivity contribution in [2.45, 2.75) is 39.7 Å². The van der Waals surface area contributed by atoms with Gasteiger partial charge in [-0.15, -0.1) is 0 Å². The van der Waals surface area contributed by atoms with Crippen LogP contribution in [0.5, 0.6) is 0 Å². The molecule has 0 radical (unpaired) electrons. The molecule has 13 heavy (non-hydrogen) atoms. The van der Waals surface area contributed by atoms with Crippen molar-refractivity contribution in [3.05, 3.63) is 11.6 Å². The molecule has 0 saturated heterocycles. The summed E-state index contributed by atoms with van der Waals surface area (Å²) >= 11 is 0. The van der Waals surface area contributed by atoms with E-state index in [1.807, 2.05) is 0 Å². The van der Waals surface area contributed by atoms with Crippen LogP contribution < -0.4 is 0 Å². The maximum absolute atomic E-state index is 8.64. The summed E-state index contributed by atoms with van der Waals surface area (Å²) in [5.41, 5.74) is 1.54. The minimum Gasteiger partial charge on any atom is -0.371 e. The highest BCUT2D eigenvalue weighted by atomic mass is 16.6. The Morgan fingerprint density at radius 2 is 2.31 bits per heavy atom. The van der Waals surface area contributed by atoms with Gasteiger partial charge in [0, 0.05) is 0 Å². The molecule has 1 unspecified atom stereocenters. The highest BCUT2D eigenvalue weighted by Gasteiger charge is 2.22. The molecule has 0 saturated carbocycles. The molecule has 0 fully saturated rings. The number of rotatable bonds is 3. The van der Waals surface area contributed by atoms with Gasteiger partial charge in [0.25, 0.3) is 0 Å². The van der Waals surface area contributed by atoms with Crippen LogP contribution in [0, 0.1) is 11.8 Å². The van der Waals surface area contributed by atoms with E-state index in [2.05, 4.69) is 26.8 Å². The zero-order valence-electron chi connectivity index (χ0n) is 8.79. The fourth-order valence-electron chi connectivity index (χ4n) is 2.14. The van der Waals surface area contributed by atoms with Crippen LogP contribution in [-0.4, -0.2) is 18.0 Å². The number of aliphatic hydroxyl groups excluding tert-OH is 1. The van der Waals surface area contributed by atoms with E-state index in [0.717, 1.165) is 12.8 Å². The Balaban J connectivity index is 2.53. The predicted octanol–water partition coefficient (Wildman–Crippen LogP) is 2.33. The summed E-state index contributed by atoms with van der Waals surface area (Å²) in [4.78, 5) is 0. The molecule has 0 aromatic rings. The van der Waals surface area contributed by atoms with Gasteiger partial charge in [-0.2, -0.15) is 0 Å². The molecule has 1 rings (SSSR count). The Morgan fingerprint density at radius 3 is 2.77 bits per heavy atom. The van der Waals surface area contributed by atoms with Crippen LogP contribution in [0.4, 0.5) is 0 Å². The fourth-order valence-corrected chi connectivity index (χ4v) is 2.14. The van der Waals surface area contributed by atoms with E-state index in [9.17, 15) is 0 Å². The van der Waals surface area contributed by atoms with Crippen LogP contribution in [0.2, 0.25) is 0 Å². The van der Waals surface area contributed by atoms with E-state index in [1.165, 1.54) is 5.57 Å². The van der Waals surface area contributed by atoms with Crippen molar-refractivity contribution in [3.63, 3.8) is 0 Å². The Hall–Kier alpha value is -0.340. The van der Waals surface area contributed by atoms with E-state index < -0.39 is 0 Å². The number of aliphatic hydroxyl groups is 1. The first kappa shape index (κ1) is 10.7. The standard InChI is InChI=1S/C11H20O2/c1-8(2)11-5-4-10(13-7-12)6-9(11)3/h5,8-10,12H,4,6-7H2,1-3H3/t9-,10?/m1/s1. The molecule has 2 heteroatoms. The predicted molar refractivity (Wildman–Crippen MR) is 53.3 cm³/mol. The second kappa shape index (κ2) is 4.77. The molecule has 2 atom stereocenters. The minimum absolute atomic E-state index is 0.151. The molecule has 1 aliphatic carbocycles. The summed E-state index contributed by atoms with van der Waals surface area (Å²) in [5.74, 6) is 1.25. The molecule has 1 N–H and O–H groups in total.